The van der Waals surface area contributed by atoms with Crippen molar-refractivity contribution in [2.24, 2.45) is 5.84 Å². The molecule has 0 saturated carbocycles. The topological polar surface area (TPSA) is 38.0 Å². The molecule has 94 valence electrons. The summed E-state index contributed by atoms with van der Waals surface area (Å²) in [5.74, 6) is 5.68. The lowest BCUT2D eigenvalue weighted by molar-refractivity contribution is 0.565. The van der Waals surface area contributed by atoms with Crippen LogP contribution in [-0.4, -0.2) is 0 Å². The number of hydrogen-bond donors (Lipinski definition) is 2. The standard InChI is InChI=1S/C12H11ClN2S3/c13-12-2-1-7(17-12)5-8(15-14)10-6-11-9(18-10)3-4-16-11/h1-4,6,8,15H,5,14H2. The number of nitrogens with one attached hydrogen (secondary N) is 1. The average Bonchev–Trinajstić information content (AvgIpc) is 3.00. The zero-order valence-corrected chi connectivity index (χ0v) is 12.6. The SMILES string of the molecule is NNC(Cc1ccc(Cl)s1)c1cc2sccc2s1. The first-order valence-corrected chi connectivity index (χ1v) is 8.32. The van der Waals surface area contributed by atoms with Crippen LogP contribution in [0.25, 0.3) is 9.40 Å². The highest BCUT2D eigenvalue weighted by Crippen LogP contribution is 2.35. The van der Waals surface area contributed by atoms with Gasteiger partial charge in [0.2, 0.25) is 0 Å². The van der Waals surface area contributed by atoms with E-state index < -0.39 is 0 Å². The highest BCUT2D eigenvalue weighted by molar-refractivity contribution is 7.27. The molecule has 0 aliphatic heterocycles. The Morgan fingerprint density at radius 1 is 1.22 bits per heavy atom. The van der Waals surface area contributed by atoms with Crippen molar-refractivity contribution in [2.75, 3.05) is 0 Å². The molecule has 0 bridgehead atoms. The molecule has 3 heterocycles. The van der Waals surface area contributed by atoms with Gasteiger partial charge >= 0.3 is 0 Å². The number of rotatable bonds is 4. The Balaban J connectivity index is 1.85. The molecule has 6 heteroatoms. The van der Waals surface area contributed by atoms with Crippen molar-refractivity contribution >= 4 is 55.0 Å². The van der Waals surface area contributed by atoms with Crippen molar-refractivity contribution < 1.29 is 0 Å². The Labute approximate surface area is 122 Å². The van der Waals surface area contributed by atoms with Gasteiger partial charge in [0.25, 0.3) is 0 Å². The van der Waals surface area contributed by atoms with Crippen LogP contribution in [0.2, 0.25) is 4.34 Å². The van der Waals surface area contributed by atoms with E-state index in [2.05, 4.69) is 29.0 Å². The minimum atomic E-state index is 0.157. The van der Waals surface area contributed by atoms with Crippen LogP contribution in [0.5, 0.6) is 0 Å². The predicted octanol–water partition coefficient (Wildman–Crippen LogP) is 4.42. The molecule has 0 aliphatic carbocycles. The monoisotopic (exact) mass is 314 g/mol. The molecule has 0 saturated heterocycles. The first kappa shape index (κ1) is 12.6. The average molecular weight is 315 g/mol. The highest BCUT2D eigenvalue weighted by Gasteiger charge is 2.15. The number of thiophene rings is 3. The van der Waals surface area contributed by atoms with Crippen molar-refractivity contribution in [3.8, 4) is 0 Å². The third kappa shape index (κ3) is 2.47. The number of nitrogens with two attached hydrogens (primary N) is 1. The van der Waals surface area contributed by atoms with Crippen LogP contribution in [0, 0.1) is 0 Å². The third-order valence-electron chi connectivity index (χ3n) is 2.74. The third-order valence-corrected chi connectivity index (χ3v) is 6.20. The van der Waals surface area contributed by atoms with Crippen molar-refractivity contribution in [3.63, 3.8) is 0 Å². The molecule has 18 heavy (non-hydrogen) atoms. The molecule has 0 radical (unpaired) electrons. The molecule has 0 aliphatic rings. The van der Waals surface area contributed by atoms with Crippen LogP contribution in [0.3, 0.4) is 0 Å². The predicted molar refractivity (Wildman–Crippen MR) is 82.8 cm³/mol. The Morgan fingerprint density at radius 2 is 2.11 bits per heavy atom. The zero-order chi connectivity index (χ0) is 12.5. The summed E-state index contributed by atoms with van der Waals surface area (Å²) in [6.07, 6.45) is 0.877. The molecule has 2 nitrogen and oxygen atoms in total. The maximum atomic E-state index is 5.95. The molecule has 1 unspecified atom stereocenters. The smallest absolute Gasteiger partial charge is 0.0931 e. The van der Waals surface area contributed by atoms with Gasteiger partial charge in [0.05, 0.1) is 10.4 Å². The summed E-state index contributed by atoms with van der Waals surface area (Å²) in [5, 5.41) is 2.12. The summed E-state index contributed by atoms with van der Waals surface area (Å²) < 4.78 is 3.49. The largest absolute Gasteiger partial charge is 0.271 e. The summed E-state index contributed by atoms with van der Waals surface area (Å²) in [6.45, 7) is 0. The van der Waals surface area contributed by atoms with Gasteiger partial charge in [0, 0.05) is 25.6 Å². The van der Waals surface area contributed by atoms with Crippen LogP contribution in [0.15, 0.2) is 29.6 Å². The van der Waals surface area contributed by atoms with Crippen molar-refractivity contribution in [1.82, 2.24) is 5.43 Å². The Morgan fingerprint density at radius 3 is 2.78 bits per heavy atom. The molecular weight excluding hydrogens is 304 g/mol. The lowest BCUT2D eigenvalue weighted by Crippen LogP contribution is -2.28. The van der Waals surface area contributed by atoms with Crippen molar-refractivity contribution in [1.29, 1.82) is 0 Å². The van der Waals surface area contributed by atoms with E-state index in [1.54, 1.807) is 34.0 Å². The second-order valence-corrected chi connectivity index (χ2v) is 7.79. The van der Waals surface area contributed by atoms with Crippen molar-refractivity contribution in [3.05, 3.63) is 43.7 Å². The summed E-state index contributed by atoms with van der Waals surface area (Å²) in [4.78, 5) is 2.53. The number of hydrazine groups is 1. The maximum absolute atomic E-state index is 5.95. The van der Waals surface area contributed by atoms with Crippen molar-refractivity contribution in [2.45, 2.75) is 12.5 Å². The lowest BCUT2D eigenvalue weighted by Gasteiger charge is -2.12. The van der Waals surface area contributed by atoms with E-state index in [1.165, 1.54) is 19.2 Å². The van der Waals surface area contributed by atoms with Crippen LogP contribution in [0.4, 0.5) is 0 Å². The molecular formula is C12H11ClN2S3. The minimum Gasteiger partial charge on any atom is -0.271 e. The van der Waals surface area contributed by atoms with Gasteiger partial charge in [0.15, 0.2) is 0 Å². The normalized spacial score (nSPS) is 13.2. The van der Waals surface area contributed by atoms with Crippen LogP contribution in [0.1, 0.15) is 15.8 Å². The molecule has 1 atom stereocenters. The van der Waals surface area contributed by atoms with Gasteiger partial charge in [-0.2, -0.15) is 0 Å². The van der Waals surface area contributed by atoms with Crippen LogP contribution >= 0.6 is 45.6 Å². The number of hydrogen-bond acceptors (Lipinski definition) is 5. The fourth-order valence-electron chi connectivity index (χ4n) is 1.86. The molecule has 0 aromatic carbocycles. The first-order valence-electron chi connectivity index (χ1n) is 5.43. The molecule has 3 N–H and O–H groups in total. The number of fused-ring (bicyclic) bond motifs is 1. The van der Waals surface area contributed by atoms with E-state index >= 15 is 0 Å². The summed E-state index contributed by atoms with van der Waals surface area (Å²) >= 11 is 11.1. The minimum absolute atomic E-state index is 0.157. The fourth-order valence-corrected chi connectivity index (χ4v) is 5.17. The van der Waals surface area contributed by atoms with E-state index in [4.69, 9.17) is 17.4 Å². The molecule has 3 rings (SSSR count). The van der Waals surface area contributed by atoms with Crippen LogP contribution < -0.4 is 11.3 Å². The Bertz CT molecular complexity index is 626. The van der Waals surface area contributed by atoms with E-state index in [1.807, 2.05) is 6.07 Å². The molecule has 0 amide bonds. The number of halogens is 1. The van der Waals surface area contributed by atoms with E-state index in [-0.39, 0.29) is 6.04 Å². The summed E-state index contributed by atoms with van der Waals surface area (Å²) in [6, 6.07) is 8.54. The molecule has 3 aromatic heterocycles. The van der Waals surface area contributed by atoms with Gasteiger partial charge in [-0.3, -0.25) is 11.3 Å². The lowest BCUT2D eigenvalue weighted by atomic mass is 10.1. The quantitative estimate of drug-likeness (QED) is 0.552. The molecule has 0 fully saturated rings. The Hall–Kier alpha value is -0.430. The Kier molecular flexibility index (Phi) is 3.70. The summed E-state index contributed by atoms with van der Waals surface area (Å²) in [5.41, 5.74) is 2.91. The fraction of sp³-hybridized carbons (Fsp3) is 0.167. The highest BCUT2D eigenvalue weighted by atomic mass is 35.5. The second-order valence-electron chi connectivity index (χ2n) is 3.93. The van der Waals surface area contributed by atoms with E-state index in [9.17, 15) is 0 Å². The van der Waals surface area contributed by atoms with Gasteiger partial charge < -0.3 is 0 Å². The zero-order valence-electron chi connectivity index (χ0n) is 9.35. The molecule has 0 spiro atoms. The van der Waals surface area contributed by atoms with E-state index in [0.717, 1.165) is 10.8 Å². The van der Waals surface area contributed by atoms with Gasteiger partial charge in [-0.05, 0) is 29.6 Å². The van der Waals surface area contributed by atoms with Gasteiger partial charge in [-0.15, -0.1) is 34.0 Å². The van der Waals surface area contributed by atoms with Gasteiger partial charge in [0.1, 0.15) is 0 Å². The van der Waals surface area contributed by atoms with Crippen LogP contribution in [-0.2, 0) is 6.42 Å². The van der Waals surface area contributed by atoms with E-state index in [0.29, 0.717) is 0 Å². The van der Waals surface area contributed by atoms with Gasteiger partial charge in [-0.1, -0.05) is 11.6 Å². The maximum Gasteiger partial charge on any atom is 0.0931 e. The summed E-state index contributed by atoms with van der Waals surface area (Å²) in [7, 11) is 0. The van der Waals surface area contributed by atoms with Gasteiger partial charge in [-0.25, -0.2) is 0 Å². The first-order chi connectivity index (χ1) is 8.76. The molecule has 3 aromatic rings. The second kappa shape index (κ2) is 5.28.